The molecule has 40 valence electrons. The predicted octanol–water partition coefficient (Wildman–Crippen LogP) is -0.175. The number of hydrogen-bond donors (Lipinski definition) is 1. The van der Waals surface area contributed by atoms with Crippen LogP contribution in [0.15, 0.2) is 0 Å². The minimum Gasteiger partial charge on any atom is -0.252 e. The van der Waals surface area contributed by atoms with E-state index in [2.05, 4.69) is 17.5 Å². The molecule has 2 atom stereocenters. The Hall–Kier alpha value is -0.0800. The number of nitrogens with one attached hydrogen (secondary N) is 1. The quantitative estimate of drug-likeness (QED) is 0.452. The molecule has 1 saturated carbocycles. The summed E-state index contributed by atoms with van der Waals surface area (Å²) in [5.74, 6) is 1.00. The summed E-state index contributed by atoms with van der Waals surface area (Å²) in [6.45, 7) is 1.27. The summed E-state index contributed by atoms with van der Waals surface area (Å²) in [4.78, 5) is 0. The molecule has 2 unspecified atom stereocenters. The van der Waals surface area contributed by atoms with E-state index in [1.807, 2.05) is 0 Å². The van der Waals surface area contributed by atoms with Gasteiger partial charge in [0.25, 0.3) is 0 Å². The van der Waals surface area contributed by atoms with Gasteiger partial charge >= 0.3 is 0 Å². The van der Waals surface area contributed by atoms with Crippen molar-refractivity contribution < 1.29 is 0 Å². The molecule has 0 spiro atoms. The summed E-state index contributed by atoms with van der Waals surface area (Å²) >= 11 is 0. The maximum atomic E-state index is 3.32. The Morgan fingerprint density at radius 1 is 1.71 bits per heavy atom. The molecule has 1 heterocycles. The van der Waals surface area contributed by atoms with Gasteiger partial charge in [-0.25, -0.2) is 5.01 Å². The van der Waals surface area contributed by atoms with Crippen LogP contribution in [0.25, 0.3) is 0 Å². The predicted molar refractivity (Wildman–Crippen MR) is 27.7 cm³/mol. The van der Waals surface area contributed by atoms with Gasteiger partial charge < -0.3 is 0 Å². The van der Waals surface area contributed by atoms with E-state index in [9.17, 15) is 0 Å². The van der Waals surface area contributed by atoms with Crippen LogP contribution in [0.4, 0.5) is 0 Å². The summed E-state index contributed by atoms with van der Waals surface area (Å²) in [5.41, 5.74) is 3.32. The van der Waals surface area contributed by atoms with Crippen LogP contribution in [0.5, 0.6) is 0 Å². The van der Waals surface area contributed by atoms with Crippen molar-refractivity contribution in [1.82, 2.24) is 10.4 Å². The van der Waals surface area contributed by atoms with E-state index < -0.39 is 0 Å². The molecule has 0 aromatic heterocycles. The van der Waals surface area contributed by atoms with Gasteiger partial charge in [-0.1, -0.05) is 0 Å². The summed E-state index contributed by atoms with van der Waals surface area (Å²) in [7, 11) is 2.10. The van der Waals surface area contributed by atoms with Gasteiger partial charge in [0.05, 0.1) is 0 Å². The number of fused-ring (bicyclic) bond motifs is 1. The van der Waals surface area contributed by atoms with Gasteiger partial charge in [0.15, 0.2) is 0 Å². The first-order chi connectivity index (χ1) is 3.36. The Bertz CT molecular complexity index is 82.1. The lowest BCUT2D eigenvalue weighted by molar-refractivity contribution is 0.278. The van der Waals surface area contributed by atoms with E-state index in [4.69, 9.17) is 0 Å². The minimum atomic E-state index is 0.866. The van der Waals surface area contributed by atoms with E-state index in [0.717, 1.165) is 12.0 Å². The fourth-order valence-electron chi connectivity index (χ4n) is 1.30. The monoisotopic (exact) mass is 98.1 g/mol. The SMILES string of the molecule is CN1CC2CC2N1. The van der Waals surface area contributed by atoms with Crippen molar-refractivity contribution in [2.24, 2.45) is 5.92 Å². The third kappa shape index (κ3) is 0.469. The number of nitrogens with zero attached hydrogens (tertiary/aromatic N) is 1. The number of hydrogen-bond acceptors (Lipinski definition) is 2. The van der Waals surface area contributed by atoms with Crippen LogP contribution >= 0.6 is 0 Å². The maximum absolute atomic E-state index is 3.32. The van der Waals surface area contributed by atoms with E-state index in [0.29, 0.717) is 0 Å². The third-order valence-corrected chi connectivity index (χ3v) is 1.82. The molecule has 1 aliphatic heterocycles. The average molecular weight is 98.1 g/mol. The molecule has 1 saturated heterocycles. The van der Waals surface area contributed by atoms with Crippen LogP contribution in [0.3, 0.4) is 0 Å². The maximum Gasteiger partial charge on any atom is 0.0260 e. The van der Waals surface area contributed by atoms with E-state index >= 15 is 0 Å². The lowest BCUT2D eigenvalue weighted by Gasteiger charge is -2.08. The van der Waals surface area contributed by atoms with Gasteiger partial charge in [-0.2, -0.15) is 0 Å². The van der Waals surface area contributed by atoms with Gasteiger partial charge in [-0.05, 0) is 12.3 Å². The summed E-state index contributed by atoms with van der Waals surface area (Å²) in [6, 6.07) is 0.866. The van der Waals surface area contributed by atoms with Gasteiger partial charge in [0.2, 0.25) is 0 Å². The highest BCUT2D eigenvalue weighted by Crippen LogP contribution is 2.34. The molecule has 0 amide bonds. The minimum absolute atomic E-state index is 0.866. The summed E-state index contributed by atoms with van der Waals surface area (Å²) in [6.07, 6.45) is 1.42. The Kier molecular flexibility index (Phi) is 0.557. The lowest BCUT2D eigenvalue weighted by atomic mass is 10.4. The van der Waals surface area contributed by atoms with Crippen LogP contribution < -0.4 is 5.43 Å². The molecular formula is C5H10N2. The van der Waals surface area contributed by atoms with Crippen molar-refractivity contribution in [1.29, 1.82) is 0 Å². The van der Waals surface area contributed by atoms with E-state index in [-0.39, 0.29) is 0 Å². The van der Waals surface area contributed by atoms with Crippen molar-refractivity contribution in [2.45, 2.75) is 12.5 Å². The number of rotatable bonds is 0. The molecular weight excluding hydrogens is 88.1 g/mol. The molecule has 1 aliphatic carbocycles. The Balaban J connectivity index is 2.02. The highest BCUT2D eigenvalue weighted by Gasteiger charge is 2.43. The Morgan fingerprint density at radius 2 is 2.57 bits per heavy atom. The normalized spacial score (nSPS) is 49.3. The first-order valence-electron chi connectivity index (χ1n) is 2.83. The Labute approximate surface area is 43.5 Å². The zero-order valence-corrected chi connectivity index (χ0v) is 4.52. The summed E-state index contributed by atoms with van der Waals surface area (Å²) < 4.78 is 0. The molecule has 2 nitrogen and oxygen atoms in total. The standard InChI is InChI=1S/C5H10N2/c1-7-3-4-2-5(4)6-7/h4-6H,2-3H2,1H3. The molecule has 0 aromatic carbocycles. The zero-order valence-electron chi connectivity index (χ0n) is 4.52. The van der Waals surface area contributed by atoms with Crippen LogP contribution in [0.1, 0.15) is 6.42 Å². The average Bonchev–Trinajstić information content (AvgIpc) is 2.15. The topological polar surface area (TPSA) is 15.3 Å². The molecule has 2 aliphatic rings. The first-order valence-corrected chi connectivity index (χ1v) is 2.83. The molecule has 2 heteroatoms. The highest BCUT2D eigenvalue weighted by atomic mass is 15.5. The van der Waals surface area contributed by atoms with E-state index in [1.54, 1.807) is 0 Å². The zero-order chi connectivity index (χ0) is 4.85. The lowest BCUT2D eigenvalue weighted by Crippen LogP contribution is -2.30. The van der Waals surface area contributed by atoms with Gasteiger partial charge in [0, 0.05) is 19.6 Å². The Morgan fingerprint density at radius 3 is 2.86 bits per heavy atom. The van der Waals surface area contributed by atoms with Crippen LogP contribution in [-0.2, 0) is 0 Å². The molecule has 1 N–H and O–H groups in total. The van der Waals surface area contributed by atoms with Crippen LogP contribution in [-0.4, -0.2) is 24.6 Å². The highest BCUT2D eigenvalue weighted by molar-refractivity contribution is 4.97. The second-order valence-electron chi connectivity index (χ2n) is 2.61. The smallest absolute Gasteiger partial charge is 0.0260 e. The fourth-order valence-corrected chi connectivity index (χ4v) is 1.30. The second-order valence-corrected chi connectivity index (χ2v) is 2.61. The van der Waals surface area contributed by atoms with Crippen LogP contribution in [0, 0.1) is 5.92 Å². The van der Waals surface area contributed by atoms with Crippen molar-refractivity contribution >= 4 is 0 Å². The second kappa shape index (κ2) is 1.01. The van der Waals surface area contributed by atoms with Crippen molar-refractivity contribution in [3.8, 4) is 0 Å². The van der Waals surface area contributed by atoms with Gasteiger partial charge in [-0.3, -0.25) is 5.43 Å². The van der Waals surface area contributed by atoms with E-state index in [1.165, 1.54) is 13.0 Å². The molecule has 0 aromatic rings. The van der Waals surface area contributed by atoms with Gasteiger partial charge in [-0.15, -0.1) is 0 Å². The molecule has 2 rings (SSSR count). The third-order valence-electron chi connectivity index (χ3n) is 1.82. The van der Waals surface area contributed by atoms with Gasteiger partial charge in [0.1, 0.15) is 0 Å². The van der Waals surface area contributed by atoms with Crippen molar-refractivity contribution in [3.63, 3.8) is 0 Å². The summed E-state index contributed by atoms with van der Waals surface area (Å²) in [5, 5.41) is 2.18. The van der Waals surface area contributed by atoms with Crippen molar-refractivity contribution in [2.75, 3.05) is 13.6 Å². The molecule has 0 bridgehead atoms. The fraction of sp³-hybridized carbons (Fsp3) is 1.00. The van der Waals surface area contributed by atoms with Crippen molar-refractivity contribution in [3.05, 3.63) is 0 Å². The molecule has 0 radical (unpaired) electrons. The molecule has 2 fully saturated rings. The van der Waals surface area contributed by atoms with Crippen LogP contribution in [0.2, 0.25) is 0 Å². The molecule has 7 heavy (non-hydrogen) atoms. The largest absolute Gasteiger partial charge is 0.252 e. The number of hydrazine groups is 1. The first kappa shape index (κ1) is 3.87.